The summed E-state index contributed by atoms with van der Waals surface area (Å²) in [5.41, 5.74) is 9.29. The molecule has 29 heavy (non-hydrogen) atoms. The number of nitrogens with two attached hydrogens (primary N) is 1. The van der Waals surface area contributed by atoms with Crippen LogP contribution in [0, 0.1) is 12.8 Å². The van der Waals surface area contributed by atoms with E-state index in [1.165, 1.54) is 5.56 Å². The van der Waals surface area contributed by atoms with E-state index in [1.54, 1.807) is 0 Å². The van der Waals surface area contributed by atoms with E-state index in [0.717, 1.165) is 48.6 Å². The van der Waals surface area contributed by atoms with Crippen molar-refractivity contribution in [3.63, 3.8) is 0 Å². The number of halogens is 3. The minimum absolute atomic E-state index is 0. The molecule has 1 unspecified atom stereocenters. The van der Waals surface area contributed by atoms with Gasteiger partial charge in [0.05, 0.1) is 0 Å². The topological polar surface area (TPSA) is 58.4 Å². The molecule has 1 saturated heterocycles. The highest BCUT2D eigenvalue weighted by Gasteiger charge is 2.22. The van der Waals surface area contributed by atoms with Crippen LogP contribution in [0.4, 0.5) is 0 Å². The first-order valence-corrected chi connectivity index (χ1v) is 9.96. The van der Waals surface area contributed by atoms with E-state index in [-0.39, 0.29) is 30.7 Å². The Balaban J connectivity index is 0.00000210. The second-order valence-corrected chi connectivity index (χ2v) is 7.85. The molecular weight excluding hydrogens is 429 g/mol. The molecule has 1 fully saturated rings. The Morgan fingerprint density at radius 3 is 2.38 bits per heavy atom. The highest BCUT2D eigenvalue weighted by Crippen LogP contribution is 2.22. The van der Waals surface area contributed by atoms with Crippen molar-refractivity contribution in [3.05, 3.63) is 70.2 Å². The first-order chi connectivity index (χ1) is 13.0. The smallest absolute Gasteiger partial charge is 0.241 e. The Morgan fingerprint density at radius 1 is 1.14 bits per heavy atom. The minimum atomic E-state index is -0.606. The summed E-state index contributed by atoms with van der Waals surface area (Å²) < 4.78 is 0. The molecule has 4 nitrogen and oxygen atoms in total. The van der Waals surface area contributed by atoms with Crippen LogP contribution in [0.15, 0.2) is 48.5 Å². The Bertz CT molecular complexity index is 762. The van der Waals surface area contributed by atoms with Gasteiger partial charge in [-0.25, -0.2) is 0 Å². The lowest BCUT2D eigenvalue weighted by atomic mass is 9.96. The first-order valence-electron chi connectivity index (χ1n) is 9.58. The molecule has 0 bridgehead atoms. The summed E-state index contributed by atoms with van der Waals surface area (Å²) >= 11 is 6.26. The largest absolute Gasteiger partial charge is 0.354 e. The van der Waals surface area contributed by atoms with Gasteiger partial charge < -0.3 is 11.1 Å². The average molecular weight is 459 g/mol. The zero-order chi connectivity index (χ0) is 19.2. The number of nitrogens with zero attached hydrogens (tertiary/aromatic N) is 1. The average Bonchev–Trinajstić information content (AvgIpc) is 2.69. The molecule has 160 valence electrons. The van der Waals surface area contributed by atoms with Gasteiger partial charge in [0, 0.05) is 18.1 Å². The van der Waals surface area contributed by atoms with Gasteiger partial charge in [-0.05, 0) is 56.0 Å². The van der Waals surface area contributed by atoms with Gasteiger partial charge in [-0.3, -0.25) is 9.69 Å². The second kappa shape index (κ2) is 12.4. The van der Waals surface area contributed by atoms with Gasteiger partial charge in [-0.15, -0.1) is 24.8 Å². The van der Waals surface area contributed by atoms with Crippen molar-refractivity contribution >= 4 is 42.3 Å². The van der Waals surface area contributed by atoms with Crippen LogP contribution in [0.5, 0.6) is 0 Å². The van der Waals surface area contributed by atoms with E-state index in [4.69, 9.17) is 17.3 Å². The number of piperidine rings is 1. The number of carbonyl (C=O) groups is 1. The molecule has 0 saturated carbocycles. The number of hydrogen-bond donors (Lipinski definition) is 2. The predicted octanol–water partition coefficient (Wildman–Crippen LogP) is 4.52. The summed E-state index contributed by atoms with van der Waals surface area (Å²) in [5, 5.41) is 3.87. The number of aryl methyl sites for hydroxylation is 1. The van der Waals surface area contributed by atoms with Crippen LogP contribution in [0.1, 0.15) is 35.6 Å². The van der Waals surface area contributed by atoms with E-state index in [9.17, 15) is 4.79 Å². The van der Waals surface area contributed by atoms with Crippen LogP contribution in [0.2, 0.25) is 5.02 Å². The molecule has 1 aliphatic heterocycles. The molecule has 1 amide bonds. The van der Waals surface area contributed by atoms with Gasteiger partial charge in [0.25, 0.3) is 0 Å². The molecule has 2 aromatic carbocycles. The van der Waals surface area contributed by atoms with Crippen molar-refractivity contribution in [2.75, 3.05) is 19.6 Å². The molecule has 1 aliphatic rings. The van der Waals surface area contributed by atoms with Gasteiger partial charge in [0.2, 0.25) is 5.91 Å². The Hall–Kier alpha value is -1.30. The van der Waals surface area contributed by atoms with Crippen molar-refractivity contribution < 1.29 is 4.79 Å². The van der Waals surface area contributed by atoms with Gasteiger partial charge in [0.1, 0.15) is 6.04 Å². The zero-order valence-electron chi connectivity index (χ0n) is 16.6. The Kier molecular flexibility index (Phi) is 11.0. The Morgan fingerprint density at radius 2 is 1.76 bits per heavy atom. The van der Waals surface area contributed by atoms with Crippen LogP contribution >= 0.6 is 36.4 Å². The van der Waals surface area contributed by atoms with E-state index in [2.05, 4.69) is 16.3 Å². The monoisotopic (exact) mass is 457 g/mol. The van der Waals surface area contributed by atoms with Crippen LogP contribution < -0.4 is 11.1 Å². The maximum atomic E-state index is 12.4. The standard InChI is InChI=1S/C22H28ClN3O.2ClH/c1-16-6-8-18(9-7-16)21(24)22(27)25-14-17-10-12-26(13-11-17)15-19-4-2-3-5-20(19)23;;/h2-9,17,21H,10-15,24H2,1H3,(H,25,27);2*1H. The summed E-state index contributed by atoms with van der Waals surface area (Å²) in [6.45, 7) is 5.65. The van der Waals surface area contributed by atoms with Crippen molar-refractivity contribution in [2.45, 2.75) is 32.4 Å². The first kappa shape index (κ1) is 25.7. The van der Waals surface area contributed by atoms with E-state index in [0.29, 0.717) is 12.5 Å². The zero-order valence-corrected chi connectivity index (χ0v) is 19.0. The molecule has 0 aliphatic carbocycles. The van der Waals surface area contributed by atoms with Crippen LogP contribution in [0.3, 0.4) is 0 Å². The lowest BCUT2D eigenvalue weighted by molar-refractivity contribution is -0.122. The predicted molar refractivity (Wildman–Crippen MR) is 125 cm³/mol. The fraction of sp³-hybridized carbons (Fsp3) is 0.409. The molecule has 3 N–H and O–H groups in total. The van der Waals surface area contributed by atoms with Crippen LogP contribution in [0.25, 0.3) is 0 Å². The number of carbonyl (C=O) groups excluding carboxylic acids is 1. The van der Waals surface area contributed by atoms with Gasteiger partial charge in [0.15, 0.2) is 0 Å². The molecule has 0 spiro atoms. The summed E-state index contributed by atoms with van der Waals surface area (Å²) in [4.78, 5) is 14.8. The van der Waals surface area contributed by atoms with Crippen LogP contribution in [-0.4, -0.2) is 30.4 Å². The maximum Gasteiger partial charge on any atom is 0.241 e. The molecule has 0 aromatic heterocycles. The van der Waals surface area contributed by atoms with Crippen molar-refractivity contribution in [1.82, 2.24) is 10.2 Å². The maximum absolute atomic E-state index is 12.4. The van der Waals surface area contributed by atoms with Crippen molar-refractivity contribution in [3.8, 4) is 0 Å². The summed E-state index contributed by atoms with van der Waals surface area (Å²) in [7, 11) is 0. The molecule has 0 radical (unpaired) electrons. The molecular formula is C22H30Cl3N3O. The third-order valence-electron chi connectivity index (χ3n) is 5.34. The summed E-state index contributed by atoms with van der Waals surface area (Å²) in [6.07, 6.45) is 2.15. The lowest BCUT2D eigenvalue weighted by Crippen LogP contribution is -2.41. The molecule has 1 heterocycles. The van der Waals surface area contributed by atoms with E-state index >= 15 is 0 Å². The highest BCUT2D eigenvalue weighted by atomic mass is 35.5. The normalized spacial score (nSPS) is 15.7. The third kappa shape index (κ3) is 7.47. The number of amides is 1. The molecule has 3 rings (SSSR count). The SMILES string of the molecule is Cc1ccc(C(N)C(=O)NCC2CCN(Cc3ccccc3Cl)CC2)cc1.Cl.Cl. The fourth-order valence-corrected chi connectivity index (χ4v) is 3.69. The van der Waals surface area contributed by atoms with Gasteiger partial charge in [-0.1, -0.05) is 59.6 Å². The lowest BCUT2D eigenvalue weighted by Gasteiger charge is -2.32. The van der Waals surface area contributed by atoms with Gasteiger partial charge >= 0.3 is 0 Å². The second-order valence-electron chi connectivity index (χ2n) is 7.44. The number of rotatable bonds is 6. The van der Waals surface area contributed by atoms with E-state index < -0.39 is 6.04 Å². The summed E-state index contributed by atoms with van der Waals surface area (Å²) in [6, 6.07) is 15.2. The quantitative estimate of drug-likeness (QED) is 0.669. The molecule has 7 heteroatoms. The highest BCUT2D eigenvalue weighted by molar-refractivity contribution is 6.31. The van der Waals surface area contributed by atoms with Crippen LogP contribution in [-0.2, 0) is 11.3 Å². The summed E-state index contributed by atoms with van der Waals surface area (Å²) in [5.74, 6) is 0.402. The van der Waals surface area contributed by atoms with Gasteiger partial charge in [-0.2, -0.15) is 0 Å². The molecule has 2 aromatic rings. The number of hydrogen-bond acceptors (Lipinski definition) is 3. The minimum Gasteiger partial charge on any atom is -0.354 e. The van der Waals surface area contributed by atoms with E-state index in [1.807, 2.05) is 49.4 Å². The number of benzene rings is 2. The molecule has 1 atom stereocenters. The van der Waals surface area contributed by atoms with Crippen molar-refractivity contribution in [1.29, 1.82) is 0 Å². The van der Waals surface area contributed by atoms with Crippen molar-refractivity contribution in [2.24, 2.45) is 11.7 Å². The Labute approximate surface area is 191 Å². The fourth-order valence-electron chi connectivity index (χ4n) is 3.50. The number of nitrogens with one attached hydrogen (secondary N) is 1. The number of likely N-dealkylation sites (tertiary alicyclic amines) is 1. The third-order valence-corrected chi connectivity index (χ3v) is 5.71.